The molecule has 0 aliphatic carbocycles. The SMILES string of the molecule is CCOCCCN(CC(=O)N1CCc2sccc2[C@@H]1c1ccccc1C)C(=O)CC. The Hall–Kier alpha value is -2.18. The lowest BCUT2D eigenvalue weighted by Gasteiger charge is -2.38. The number of nitrogens with zero attached hydrogens (tertiary/aromatic N) is 2. The molecule has 3 rings (SSSR count). The number of ether oxygens (including phenoxy) is 1. The summed E-state index contributed by atoms with van der Waals surface area (Å²) in [6.07, 6.45) is 2.01. The molecule has 0 bridgehead atoms. The maximum atomic E-state index is 13.4. The van der Waals surface area contributed by atoms with E-state index in [0.717, 1.165) is 18.4 Å². The highest BCUT2D eigenvalue weighted by Gasteiger charge is 2.34. The van der Waals surface area contributed by atoms with Crippen LogP contribution in [0.2, 0.25) is 0 Å². The van der Waals surface area contributed by atoms with Crippen molar-refractivity contribution < 1.29 is 14.3 Å². The number of carbonyl (C=O) groups is 2. The lowest BCUT2D eigenvalue weighted by Crippen LogP contribution is -2.47. The predicted octanol–water partition coefficient (Wildman–Crippen LogP) is 4.20. The molecule has 0 radical (unpaired) electrons. The van der Waals surface area contributed by atoms with Gasteiger partial charge in [-0.2, -0.15) is 0 Å². The minimum absolute atomic E-state index is 0.0123. The smallest absolute Gasteiger partial charge is 0.242 e. The van der Waals surface area contributed by atoms with E-state index in [2.05, 4.69) is 30.5 Å². The highest BCUT2D eigenvalue weighted by atomic mass is 32.1. The van der Waals surface area contributed by atoms with Crippen LogP contribution in [0.3, 0.4) is 0 Å². The molecule has 162 valence electrons. The summed E-state index contributed by atoms with van der Waals surface area (Å²) in [6, 6.07) is 10.3. The van der Waals surface area contributed by atoms with Crippen molar-refractivity contribution in [2.75, 3.05) is 32.8 Å². The Morgan fingerprint density at radius 3 is 2.73 bits per heavy atom. The van der Waals surface area contributed by atoms with Crippen LogP contribution in [0.5, 0.6) is 0 Å². The quantitative estimate of drug-likeness (QED) is 0.563. The standard InChI is InChI=1S/C24H32N2O3S/c1-4-22(27)25(13-8-15-29-5-2)17-23(28)26-14-11-21-20(12-16-30-21)24(26)19-10-7-6-9-18(19)3/h6-7,9-10,12,16,24H,4-5,8,11,13-15,17H2,1-3H3/t24-/m0/s1. The zero-order valence-electron chi connectivity index (χ0n) is 18.2. The van der Waals surface area contributed by atoms with E-state index < -0.39 is 0 Å². The van der Waals surface area contributed by atoms with Crippen molar-refractivity contribution in [1.82, 2.24) is 9.80 Å². The molecule has 1 atom stereocenters. The second-order valence-corrected chi connectivity index (χ2v) is 8.62. The molecule has 6 heteroatoms. The van der Waals surface area contributed by atoms with E-state index in [1.807, 2.05) is 30.9 Å². The molecular weight excluding hydrogens is 396 g/mol. The van der Waals surface area contributed by atoms with Gasteiger partial charge in [-0.25, -0.2) is 0 Å². The van der Waals surface area contributed by atoms with Gasteiger partial charge in [0.25, 0.3) is 0 Å². The fourth-order valence-corrected chi connectivity index (χ4v) is 4.99. The van der Waals surface area contributed by atoms with Crippen molar-refractivity contribution in [3.8, 4) is 0 Å². The third kappa shape index (κ3) is 5.10. The van der Waals surface area contributed by atoms with Crippen molar-refractivity contribution in [1.29, 1.82) is 0 Å². The van der Waals surface area contributed by atoms with E-state index in [9.17, 15) is 9.59 Å². The summed E-state index contributed by atoms with van der Waals surface area (Å²) in [6.45, 7) is 8.52. The number of hydrogen-bond donors (Lipinski definition) is 0. The zero-order valence-corrected chi connectivity index (χ0v) is 19.0. The summed E-state index contributed by atoms with van der Waals surface area (Å²) in [4.78, 5) is 30.9. The molecule has 1 aliphatic rings. The largest absolute Gasteiger partial charge is 0.382 e. The van der Waals surface area contributed by atoms with Crippen LogP contribution in [0, 0.1) is 6.92 Å². The number of hydrogen-bond acceptors (Lipinski definition) is 4. The van der Waals surface area contributed by atoms with Gasteiger partial charge in [-0.05, 0) is 54.8 Å². The fraction of sp³-hybridized carbons (Fsp3) is 0.500. The van der Waals surface area contributed by atoms with Gasteiger partial charge in [0, 0.05) is 37.6 Å². The van der Waals surface area contributed by atoms with Crippen molar-refractivity contribution in [2.24, 2.45) is 0 Å². The Balaban J connectivity index is 1.82. The van der Waals surface area contributed by atoms with Crippen LogP contribution in [0.15, 0.2) is 35.7 Å². The number of amides is 2. The van der Waals surface area contributed by atoms with Crippen molar-refractivity contribution in [3.63, 3.8) is 0 Å². The summed E-state index contributed by atoms with van der Waals surface area (Å²) in [7, 11) is 0. The van der Waals surface area contributed by atoms with Crippen molar-refractivity contribution >= 4 is 23.2 Å². The molecule has 30 heavy (non-hydrogen) atoms. The predicted molar refractivity (Wildman–Crippen MR) is 121 cm³/mol. The van der Waals surface area contributed by atoms with Crippen molar-refractivity contribution in [3.05, 3.63) is 57.3 Å². The molecular formula is C24H32N2O3S. The van der Waals surface area contributed by atoms with Crippen LogP contribution in [-0.4, -0.2) is 54.5 Å². The summed E-state index contributed by atoms with van der Waals surface area (Å²) in [5, 5.41) is 2.12. The maximum absolute atomic E-state index is 13.4. The van der Waals surface area contributed by atoms with Gasteiger partial charge < -0.3 is 14.5 Å². The molecule has 2 aromatic rings. The van der Waals surface area contributed by atoms with E-state index in [0.29, 0.717) is 32.7 Å². The Bertz CT molecular complexity index is 864. The summed E-state index contributed by atoms with van der Waals surface area (Å²) >= 11 is 1.77. The van der Waals surface area contributed by atoms with Crippen LogP contribution >= 0.6 is 11.3 Å². The van der Waals surface area contributed by atoms with E-state index in [-0.39, 0.29) is 24.4 Å². The number of carbonyl (C=O) groups excluding carboxylic acids is 2. The number of fused-ring (bicyclic) bond motifs is 1. The Morgan fingerprint density at radius 1 is 1.20 bits per heavy atom. The molecule has 1 aliphatic heterocycles. The van der Waals surface area contributed by atoms with Gasteiger partial charge in [-0.15, -0.1) is 11.3 Å². The van der Waals surface area contributed by atoms with Crippen LogP contribution in [0.4, 0.5) is 0 Å². The molecule has 0 unspecified atom stereocenters. The van der Waals surface area contributed by atoms with E-state index in [1.165, 1.54) is 16.0 Å². The summed E-state index contributed by atoms with van der Waals surface area (Å²) in [5.41, 5.74) is 3.56. The molecule has 0 N–H and O–H groups in total. The number of benzene rings is 1. The maximum Gasteiger partial charge on any atom is 0.242 e. The topological polar surface area (TPSA) is 49.9 Å². The van der Waals surface area contributed by atoms with Crippen LogP contribution < -0.4 is 0 Å². The first-order valence-corrected chi connectivity index (χ1v) is 11.7. The van der Waals surface area contributed by atoms with Crippen LogP contribution in [-0.2, 0) is 20.7 Å². The third-order valence-electron chi connectivity index (χ3n) is 5.67. The monoisotopic (exact) mass is 428 g/mol. The molecule has 0 saturated carbocycles. The molecule has 0 spiro atoms. The fourth-order valence-electron chi connectivity index (χ4n) is 4.09. The number of rotatable bonds is 9. The lowest BCUT2D eigenvalue weighted by atomic mass is 9.90. The van der Waals surface area contributed by atoms with Crippen LogP contribution in [0.1, 0.15) is 54.3 Å². The Morgan fingerprint density at radius 2 is 2.00 bits per heavy atom. The third-order valence-corrected chi connectivity index (χ3v) is 6.67. The average Bonchev–Trinajstić information content (AvgIpc) is 3.24. The van der Waals surface area contributed by atoms with Gasteiger partial charge in [-0.3, -0.25) is 9.59 Å². The van der Waals surface area contributed by atoms with Gasteiger partial charge in [0.2, 0.25) is 11.8 Å². The van der Waals surface area contributed by atoms with Crippen molar-refractivity contribution in [2.45, 2.75) is 46.1 Å². The first-order chi connectivity index (χ1) is 14.6. The molecule has 0 fully saturated rings. The van der Waals surface area contributed by atoms with E-state index in [4.69, 9.17) is 4.74 Å². The van der Waals surface area contributed by atoms with E-state index >= 15 is 0 Å². The molecule has 1 aromatic carbocycles. The molecule has 2 heterocycles. The normalized spacial score (nSPS) is 15.7. The number of aryl methyl sites for hydroxylation is 1. The summed E-state index contributed by atoms with van der Waals surface area (Å²) < 4.78 is 5.40. The highest BCUT2D eigenvalue weighted by molar-refractivity contribution is 7.10. The first kappa shape index (κ1) is 22.5. The summed E-state index contributed by atoms with van der Waals surface area (Å²) in [5.74, 6) is 0.0267. The zero-order chi connectivity index (χ0) is 21.5. The van der Waals surface area contributed by atoms with Gasteiger partial charge in [-0.1, -0.05) is 31.2 Å². The van der Waals surface area contributed by atoms with Gasteiger partial charge in [0.05, 0.1) is 12.6 Å². The Kier molecular flexibility index (Phi) is 8.05. The van der Waals surface area contributed by atoms with E-state index in [1.54, 1.807) is 16.2 Å². The second kappa shape index (κ2) is 10.7. The minimum atomic E-state index is -0.0873. The minimum Gasteiger partial charge on any atom is -0.382 e. The van der Waals surface area contributed by atoms with Gasteiger partial charge in [0.15, 0.2) is 0 Å². The highest BCUT2D eigenvalue weighted by Crippen LogP contribution is 2.38. The first-order valence-electron chi connectivity index (χ1n) is 10.8. The second-order valence-electron chi connectivity index (χ2n) is 7.61. The average molecular weight is 429 g/mol. The Labute approximate surface area is 183 Å². The molecule has 0 saturated heterocycles. The van der Waals surface area contributed by atoms with Gasteiger partial charge >= 0.3 is 0 Å². The lowest BCUT2D eigenvalue weighted by molar-refractivity contribution is -0.141. The van der Waals surface area contributed by atoms with Gasteiger partial charge in [0.1, 0.15) is 0 Å². The van der Waals surface area contributed by atoms with Crippen LogP contribution in [0.25, 0.3) is 0 Å². The molecule has 1 aromatic heterocycles. The molecule has 2 amide bonds. The molecule has 5 nitrogen and oxygen atoms in total. The number of thiophene rings is 1.